The van der Waals surface area contributed by atoms with E-state index in [9.17, 15) is 4.79 Å². The number of hydrogen-bond acceptors (Lipinski definition) is 4. The van der Waals surface area contributed by atoms with Gasteiger partial charge in [0.1, 0.15) is 5.75 Å². The first-order valence-electron chi connectivity index (χ1n) is 7.01. The molecule has 0 saturated carbocycles. The predicted octanol–water partition coefficient (Wildman–Crippen LogP) is 1.02. The molecular formula is C15H24N2O3. The topological polar surface area (TPSA) is 61.8 Å². The van der Waals surface area contributed by atoms with Crippen molar-refractivity contribution in [1.29, 1.82) is 0 Å². The number of ether oxygens (including phenoxy) is 1. The summed E-state index contributed by atoms with van der Waals surface area (Å²) in [5, 5.41) is 11.7. The summed E-state index contributed by atoms with van der Waals surface area (Å²) in [6.45, 7) is 7.68. The normalized spacial score (nSPS) is 10.6. The van der Waals surface area contributed by atoms with Crippen LogP contribution in [0, 0.1) is 0 Å². The highest BCUT2D eigenvalue weighted by Crippen LogP contribution is 2.11. The van der Waals surface area contributed by atoms with Crippen molar-refractivity contribution in [2.75, 3.05) is 32.8 Å². The van der Waals surface area contributed by atoms with E-state index in [-0.39, 0.29) is 19.1 Å². The zero-order valence-corrected chi connectivity index (χ0v) is 12.3. The summed E-state index contributed by atoms with van der Waals surface area (Å²) in [7, 11) is 0. The van der Waals surface area contributed by atoms with E-state index in [4.69, 9.17) is 9.84 Å². The van der Waals surface area contributed by atoms with Gasteiger partial charge in [-0.1, -0.05) is 26.0 Å². The molecule has 0 fully saturated rings. The highest BCUT2D eigenvalue weighted by Gasteiger charge is 2.04. The van der Waals surface area contributed by atoms with Crippen LogP contribution >= 0.6 is 0 Å². The number of aliphatic hydroxyl groups is 1. The minimum atomic E-state index is -0.122. The predicted molar refractivity (Wildman–Crippen MR) is 78.7 cm³/mol. The van der Waals surface area contributed by atoms with Gasteiger partial charge in [-0.3, -0.25) is 4.79 Å². The van der Waals surface area contributed by atoms with E-state index in [1.54, 1.807) is 24.3 Å². The molecule has 0 aliphatic carbocycles. The van der Waals surface area contributed by atoms with E-state index in [1.165, 1.54) is 0 Å². The Kier molecular flexibility index (Phi) is 7.69. The number of amides is 1. The lowest BCUT2D eigenvalue weighted by Gasteiger charge is -2.17. The number of nitrogens with zero attached hydrogens (tertiary/aromatic N) is 1. The van der Waals surface area contributed by atoms with E-state index in [2.05, 4.69) is 24.1 Å². The van der Waals surface area contributed by atoms with Gasteiger partial charge in [-0.15, -0.1) is 0 Å². The Morgan fingerprint density at radius 2 is 1.90 bits per heavy atom. The molecule has 1 aromatic carbocycles. The van der Waals surface area contributed by atoms with Crippen LogP contribution in [0.3, 0.4) is 0 Å². The SMILES string of the molecule is CCN(CC)CCNC(=O)COc1ccc(CO)cc1. The Balaban J connectivity index is 2.22. The Hall–Kier alpha value is -1.59. The highest BCUT2D eigenvalue weighted by atomic mass is 16.5. The average molecular weight is 280 g/mol. The summed E-state index contributed by atoms with van der Waals surface area (Å²) in [5.74, 6) is 0.504. The first-order valence-corrected chi connectivity index (χ1v) is 7.01. The largest absolute Gasteiger partial charge is 0.484 e. The minimum absolute atomic E-state index is 0.00607. The molecule has 5 heteroatoms. The van der Waals surface area contributed by atoms with E-state index in [0.29, 0.717) is 12.3 Å². The maximum Gasteiger partial charge on any atom is 0.257 e. The smallest absolute Gasteiger partial charge is 0.257 e. The number of carbonyl (C=O) groups is 1. The molecule has 1 amide bonds. The zero-order chi connectivity index (χ0) is 14.8. The molecule has 20 heavy (non-hydrogen) atoms. The van der Waals surface area contributed by atoms with E-state index in [1.807, 2.05) is 0 Å². The molecule has 1 aromatic rings. The third-order valence-corrected chi connectivity index (χ3v) is 3.12. The Morgan fingerprint density at radius 1 is 1.25 bits per heavy atom. The average Bonchev–Trinajstić information content (AvgIpc) is 2.50. The molecule has 0 spiro atoms. The highest BCUT2D eigenvalue weighted by molar-refractivity contribution is 5.77. The van der Waals surface area contributed by atoms with Gasteiger partial charge in [0, 0.05) is 13.1 Å². The third kappa shape index (κ3) is 6.04. The lowest BCUT2D eigenvalue weighted by Crippen LogP contribution is -2.36. The van der Waals surface area contributed by atoms with E-state index < -0.39 is 0 Å². The van der Waals surface area contributed by atoms with Crippen molar-refractivity contribution in [3.63, 3.8) is 0 Å². The maximum absolute atomic E-state index is 11.6. The minimum Gasteiger partial charge on any atom is -0.484 e. The van der Waals surface area contributed by atoms with Crippen LogP contribution in [0.1, 0.15) is 19.4 Å². The molecule has 0 aromatic heterocycles. The molecule has 0 saturated heterocycles. The molecule has 0 aliphatic rings. The quantitative estimate of drug-likeness (QED) is 0.709. The second-order valence-corrected chi connectivity index (χ2v) is 4.47. The van der Waals surface area contributed by atoms with Gasteiger partial charge in [-0.2, -0.15) is 0 Å². The number of rotatable bonds is 9. The molecule has 5 nitrogen and oxygen atoms in total. The van der Waals surface area contributed by atoms with Crippen molar-refractivity contribution in [1.82, 2.24) is 10.2 Å². The van der Waals surface area contributed by atoms with Crippen LogP contribution in [0.25, 0.3) is 0 Å². The van der Waals surface area contributed by atoms with Crippen molar-refractivity contribution in [3.8, 4) is 5.75 Å². The van der Waals surface area contributed by atoms with Crippen molar-refractivity contribution in [3.05, 3.63) is 29.8 Å². The van der Waals surface area contributed by atoms with Crippen LogP contribution in [-0.2, 0) is 11.4 Å². The second-order valence-electron chi connectivity index (χ2n) is 4.47. The van der Waals surface area contributed by atoms with Gasteiger partial charge in [-0.25, -0.2) is 0 Å². The van der Waals surface area contributed by atoms with Gasteiger partial charge in [-0.05, 0) is 30.8 Å². The van der Waals surface area contributed by atoms with Crippen LogP contribution < -0.4 is 10.1 Å². The zero-order valence-electron chi connectivity index (χ0n) is 12.3. The molecule has 2 N–H and O–H groups in total. The number of nitrogens with one attached hydrogen (secondary N) is 1. The van der Waals surface area contributed by atoms with Crippen LogP contribution in [0.2, 0.25) is 0 Å². The molecule has 0 radical (unpaired) electrons. The van der Waals surface area contributed by atoms with Gasteiger partial charge in [0.05, 0.1) is 6.61 Å². The Labute approximate surface area is 120 Å². The number of likely N-dealkylation sites (N-methyl/N-ethyl adjacent to an activating group) is 1. The first kappa shape index (κ1) is 16.5. The molecule has 1 rings (SSSR count). The van der Waals surface area contributed by atoms with Crippen LogP contribution in [-0.4, -0.2) is 48.7 Å². The van der Waals surface area contributed by atoms with Gasteiger partial charge in [0.15, 0.2) is 6.61 Å². The summed E-state index contributed by atoms with van der Waals surface area (Å²) >= 11 is 0. The summed E-state index contributed by atoms with van der Waals surface area (Å²) in [4.78, 5) is 13.8. The fourth-order valence-electron chi connectivity index (χ4n) is 1.78. The summed E-state index contributed by atoms with van der Waals surface area (Å²) < 4.78 is 5.37. The molecule has 0 unspecified atom stereocenters. The second kappa shape index (κ2) is 9.34. The summed E-state index contributed by atoms with van der Waals surface area (Å²) in [5.41, 5.74) is 0.820. The van der Waals surface area contributed by atoms with Gasteiger partial charge >= 0.3 is 0 Å². The van der Waals surface area contributed by atoms with Gasteiger partial charge in [0.25, 0.3) is 5.91 Å². The fourth-order valence-corrected chi connectivity index (χ4v) is 1.78. The Bertz CT molecular complexity index is 389. The molecule has 0 aliphatic heterocycles. The fraction of sp³-hybridized carbons (Fsp3) is 0.533. The molecule has 0 heterocycles. The first-order chi connectivity index (χ1) is 9.69. The number of carbonyl (C=O) groups excluding carboxylic acids is 1. The number of hydrogen-bond donors (Lipinski definition) is 2. The number of benzene rings is 1. The van der Waals surface area contributed by atoms with Crippen molar-refractivity contribution in [2.24, 2.45) is 0 Å². The van der Waals surface area contributed by atoms with Crippen molar-refractivity contribution in [2.45, 2.75) is 20.5 Å². The molecule has 112 valence electrons. The van der Waals surface area contributed by atoms with E-state index >= 15 is 0 Å². The van der Waals surface area contributed by atoms with Crippen LogP contribution in [0.4, 0.5) is 0 Å². The maximum atomic E-state index is 11.6. The molecular weight excluding hydrogens is 256 g/mol. The Morgan fingerprint density at radius 3 is 2.45 bits per heavy atom. The van der Waals surface area contributed by atoms with Crippen molar-refractivity contribution >= 4 is 5.91 Å². The summed E-state index contributed by atoms with van der Waals surface area (Å²) in [6.07, 6.45) is 0. The summed E-state index contributed by atoms with van der Waals surface area (Å²) in [6, 6.07) is 7.03. The lowest BCUT2D eigenvalue weighted by atomic mass is 10.2. The van der Waals surface area contributed by atoms with Gasteiger partial charge in [0.2, 0.25) is 0 Å². The standard InChI is InChI=1S/C15H24N2O3/c1-3-17(4-2)10-9-16-15(19)12-20-14-7-5-13(11-18)6-8-14/h5-8,18H,3-4,9-12H2,1-2H3,(H,16,19). The van der Waals surface area contributed by atoms with Crippen LogP contribution in [0.5, 0.6) is 5.75 Å². The number of aliphatic hydroxyl groups excluding tert-OH is 1. The van der Waals surface area contributed by atoms with Crippen LogP contribution in [0.15, 0.2) is 24.3 Å². The van der Waals surface area contributed by atoms with Gasteiger partial charge < -0.3 is 20.1 Å². The molecule has 0 bridgehead atoms. The van der Waals surface area contributed by atoms with Crippen molar-refractivity contribution < 1.29 is 14.6 Å². The lowest BCUT2D eigenvalue weighted by molar-refractivity contribution is -0.123. The monoisotopic (exact) mass is 280 g/mol. The third-order valence-electron chi connectivity index (χ3n) is 3.12. The molecule has 0 atom stereocenters. The van der Waals surface area contributed by atoms with E-state index in [0.717, 1.165) is 25.2 Å².